The number of halogens is 2. The van der Waals surface area contributed by atoms with Crippen molar-refractivity contribution in [3.8, 4) is 5.75 Å². The highest BCUT2D eigenvalue weighted by atomic mass is 35.5. The van der Waals surface area contributed by atoms with E-state index in [1.165, 1.54) is 18.1 Å². The SMILES string of the molecule is COc1cccc(N(CC(=O)N(Cc2c(Cl)cccc2Cl)[C@@H](Cc2ccccc2)C(=O)NC2CCCC2)S(C)(=O)=O)c1. The van der Waals surface area contributed by atoms with E-state index in [0.29, 0.717) is 21.4 Å². The number of ether oxygens (including phenoxy) is 1. The minimum absolute atomic E-state index is 0.0147. The summed E-state index contributed by atoms with van der Waals surface area (Å²) in [5, 5.41) is 3.80. The van der Waals surface area contributed by atoms with Gasteiger partial charge in [-0.2, -0.15) is 0 Å². The summed E-state index contributed by atoms with van der Waals surface area (Å²) in [6.07, 6.45) is 5.03. The Kier molecular flexibility index (Phi) is 10.8. The first-order valence-corrected chi connectivity index (χ1v) is 16.4. The summed E-state index contributed by atoms with van der Waals surface area (Å²) in [6.45, 7) is -0.640. The maximum atomic E-state index is 14.3. The van der Waals surface area contributed by atoms with Crippen molar-refractivity contribution in [2.45, 2.75) is 50.7 Å². The topological polar surface area (TPSA) is 96.0 Å². The van der Waals surface area contributed by atoms with Gasteiger partial charge in [-0.1, -0.05) is 78.5 Å². The van der Waals surface area contributed by atoms with Gasteiger partial charge in [0.25, 0.3) is 0 Å². The molecule has 0 spiro atoms. The van der Waals surface area contributed by atoms with Gasteiger partial charge >= 0.3 is 0 Å². The van der Waals surface area contributed by atoms with Crippen LogP contribution >= 0.6 is 23.2 Å². The molecule has 0 unspecified atom stereocenters. The molecular weight excluding hydrogens is 597 g/mol. The Morgan fingerprint density at radius 1 is 0.976 bits per heavy atom. The van der Waals surface area contributed by atoms with Crippen LogP contribution in [0.2, 0.25) is 10.0 Å². The normalized spacial score (nSPS) is 14.3. The van der Waals surface area contributed by atoms with Crippen LogP contribution in [0.25, 0.3) is 0 Å². The molecule has 1 aliphatic carbocycles. The number of rotatable bonds is 12. The van der Waals surface area contributed by atoms with Crippen LogP contribution in [0.15, 0.2) is 72.8 Å². The highest BCUT2D eigenvalue weighted by Crippen LogP contribution is 2.29. The minimum Gasteiger partial charge on any atom is -0.497 e. The average Bonchev–Trinajstić information content (AvgIpc) is 3.47. The molecule has 2 amide bonds. The third-order valence-corrected chi connectivity index (χ3v) is 9.23. The number of benzene rings is 3. The van der Waals surface area contributed by atoms with Crippen molar-refractivity contribution in [2.75, 3.05) is 24.2 Å². The summed E-state index contributed by atoms with van der Waals surface area (Å²) < 4.78 is 32.2. The Labute approximate surface area is 257 Å². The molecule has 4 rings (SSSR count). The molecule has 1 saturated carbocycles. The average molecular weight is 633 g/mol. The van der Waals surface area contributed by atoms with Crippen LogP contribution in [0.4, 0.5) is 5.69 Å². The Hall–Kier alpha value is -3.27. The molecule has 1 fully saturated rings. The highest BCUT2D eigenvalue weighted by Gasteiger charge is 2.35. The van der Waals surface area contributed by atoms with E-state index in [-0.39, 0.29) is 30.6 Å². The van der Waals surface area contributed by atoms with Gasteiger partial charge in [-0.05, 0) is 42.7 Å². The number of nitrogens with zero attached hydrogens (tertiary/aromatic N) is 2. The Morgan fingerprint density at radius 3 is 2.24 bits per heavy atom. The van der Waals surface area contributed by atoms with Gasteiger partial charge in [0.1, 0.15) is 18.3 Å². The van der Waals surface area contributed by atoms with Crippen LogP contribution in [-0.4, -0.2) is 57.1 Å². The van der Waals surface area contributed by atoms with Crippen molar-refractivity contribution in [1.29, 1.82) is 0 Å². The van der Waals surface area contributed by atoms with Crippen LogP contribution in [-0.2, 0) is 32.6 Å². The van der Waals surface area contributed by atoms with E-state index >= 15 is 0 Å². The number of nitrogens with one attached hydrogen (secondary N) is 1. The van der Waals surface area contributed by atoms with Gasteiger partial charge in [0.2, 0.25) is 21.8 Å². The Balaban J connectivity index is 1.76. The zero-order valence-corrected chi connectivity index (χ0v) is 26.0. The molecule has 0 radical (unpaired) electrons. The molecule has 11 heteroatoms. The standard InChI is InChI=1S/C31H35Cl2N3O5S/c1-41-25-15-8-14-24(19-25)36(42(2,39)40)21-30(37)35(20-26-27(32)16-9-17-28(26)33)29(18-22-10-4-3-5-11-22)31(38)34-23-12-6-7-13-23/h3-5,8-11,14-17,19,23,29H,6-7,12-13,18,20-21H2,1-2H3,(H,34,38)/t29-/m0/s1. The van der Waals surface area contributed by atoms with E-state index in [0.717, 1.165) is 41.8 Å². The van der Waals surface area contributed by atoms with Crippen molar-refractivity contribution in [2.24, 2.45) is 0 Å². The predicted octanol–water partition coefficient (Wildman–Crippen LogP) is 5.47. The third-order valence-electron chi connectivity index (χ3n) is 7.38. The van der Waals surface area contributed by atoms with Gasteiger partial charge in [0.05, 0.1) is 19.1 Å². The summed E-state index contributed by atoms with van der Waals surface area (Å²) in [5.41, 5.74) is 1.57. The minimum atomic E-state index is -3.91. The monoisotopic (exact) mass is 631 g/mol. The summed E-state index contributed by atoms with van der Waals surface area (Å²) in [4.78, 5) is 29.6. The van der Waals surface area contributed by atoms with E-state index in [2.05, 4.69) is 5.32 Å². The fraction of sp³-hybridized carbons (Fsp3) is 0.355. The zero-order chi connectivity index (χ0) is 30.3. The summed E-state index contributed by atoms with van der Waals surface area (Å²) in [6, 6.07) is 19.9. The van der Waals surface area contributed by atoms with Gasteiger partial charge in [-0.25, -0.2) is 8.42 Å². The van der Waals surface area contributed by atoms with Crippen LogP contribution < -0.4 is 14.4 Å². The van der Waals surface area contributed by atoms with Gasteiger partial charge in [-0.3, -0.25) is 13.9 Å². The van der Waals surface area contributed by atoms with Gasteiger partial charge in [-0.15, -0.1) is 0 Å². The molecule has 1 N–H and O–H groups in total. The van der Waals surface area contributed by atoms with Gasteiger partial charge in [0, 0.05) is 40.7 Å². The molecule has 0 aliphatic heterocycles. The summed E-state index contributed by atoms with van der Waals surface area (Å²) in [5.74, 6) is -0.456. The molecule has 224 valence electrons. The zero-order valence-electron chi connectivity index (χ0n) is 23.6. The Morgan fingerprint density at radius 2 is 1.62 bits per heavy atom. The second kappa shape index (κ2) is 14.3. The van der Waals surface area contributed by atoms with Crippen molar-refractivity contribution >= 4 is 50.7 Å². The number of anilines is 1. The molecule has 8 nitrogen and oxygen atoms in total. The smallest absolute Gasteiger partial charge is 0.244 e. The molecule has 0 aromatic heterocycles. The molecule has 0 saturated heterocycles. The lowest BCUT2D eigenvalue weighted by Crippen LogP contribution is -2.54. The first kappa shape index (κ1) is 31.7. The van der Waals surface area contributed by atoms with Crippen LogP contribution in [0.1, 0.15) is 36.8 Å². The van der Waals surface area contributed by atoms with E-state index in [1.807, 2.05) is 30.3 Å². The molecule has 1 atom stereocenters. The fourth-order valence-corrected chi connectivity index (χ4v) is 6.51. The molecule has 0 bridgehead atoms. The summed E-state index contributed by atoms with van der Waals surface area (Å²) >= 11 is 13.0. The van der Waals surface area contributed by atoms with E-state index in [9.17, 15) is 18.0 Å². The number of carbonyl (C=O) groups is 2. The number of hydrogen-bond donors (Lipinski definition) is 1. The number of carbonyl (C=O) groups excluding carboxylic acids is 2. The number of methoxy groups -OCH3 is 1. The van der Waals surface area contributed by atoms with Crippen LogP contribution in [0.5, 0.6) is 5.75 Å². The van der Waals surface area contributed by atoms with Crippen molar-refractivity contribution in [3.05, 3.63) is 94.0 Å². The lowest BCUT2D eigenvalue weighted by molar-refractivity contribution is -0.140. The van der Waals surface area contributed by atoms with Gasteiger partial charge < -0.3 is 15.0 Å². The van der Waals surface area contributed by atoms with Crippen LogP contribution in [0.3, 0.4) is 0 Å². The second-order valence-electron chi connectivity index (χ2n) is 10.4. The lowest BCUT2D eigenvalue weighted by atomic mass is 10.0. The van der Waals surface area contributed by atoms with E-state index in [1.54, 1.807) is 36.4 Å². The van der Waals surface area contributed by atoms with Crippen molar-refractivity contribution < 1.29 is 22.7 Å². The first-order valence-electron chi connectivity index (χ1n) is 13.7. The second-order valence-corrected chi connectivity index (χ2v) is 13.1. The molecular formula is C31H35Cl2N3O5S. The van der Waals surface area contributed by atoms with Gasteiger partial charge in [0.15, 0.2) is 0 Å². The summed E-state index contributed by atoms with van der Waals surface area (Å²) in [7, 11) is -2.43. The number of sulfonamides is 1. The molecule has 42 heavy (non-hydrogen) atoms. The number of hydrogen-bond acceptors (Lipinski definition) is 5. The predicted molar refractivity (Wildman–Crippen MR) is 167 cm³/mol. The highest BCUT2D eigenvalue weighted by molar-refractivity contribution is 7.92. The lowest BCUT2D eigenvalue weighted by Gasteiger charge is -2.34. The maximum absolute atomic E-state index is 14.3. The van der Waals surface area contributed by atoms with E-state index in [4.69, 9.17) is 27.9 Å². The van der Waals surface area contributed by atoms with Crippen molar-refractivity contribution in [1.82, 2.24) is 10.2 Å². The fourth-order valence-electron chi connectivity index (χ4n) is 5.15. The molecule has 0 heterocycles. The maximum Gasteiger partial charge on any atom is 0.244 e. The van der Waals surface area contributed by atoms with Crippen molar-refractivity contribution in [3.63, 3.8) is 0 Å². The number of amides is 2. The third kappa shape index (κ3) is 8.18. The largest absolute Gasteiger partial charge is 0.497 e. The van der Waals surface area contributed by atoms with Crippen LogP contribution in [0, 0.1) is 0 Å². The Bertz CT molecular complexity index is 1480. The molecule has 3 aromatic carbocycles. The van der Waals surface area contributed by atoms with E-state index < -0.39 is 28.5 Å². The quantitative estimate of drug-likeness (QED) is 0.286. The first-order chi connectivity index (χ1) is 20.1. The molecule has 3 aromatic rings. The molecule has 1 aliphatic rings.